The number of nitrogens with one attached hydrogen (secondary N) is 1. The zero-order chi connectivity index (χ0) is 13.2. The van der Waals surface area contributed by atoms with Crippen molar-refractivity contribution in [1.29, 1.82) is 0 Å². The Morgan fingerprint density at radius 3 is 2.18 bits per heavy atom. The van der Waals surface area contributed by atoms with E-state index in [-0.39, 0.29) is 20.6 Å². The lowest BCUT2D eigenvalue weighted by atomic mass is 10.3. The minimum Gasteiger partial charge on any atom is -0.312 e. The molecule has 0 aliphatic rings. The van der Waals surface area contributed by atoms with Crippen molar-refractivity contribution in [3.05, 3.63) is 22.2 Å². The number of halogens is 2. The molecule has 17 heavy (non-hydrogen) atoms. The number of carbonyl (C=O) groups is 1. The standard InChI is InChI=1S/C9H6Cl2N2O3S/c1-2-8(14)13-9-6(10)3-5(4-7(9)11)17(12,15)16/h1,3-4H,(H,13,14)(H2,12,15,16). The zero-order valence-electron chi connectivity index (χ0n) is 8.20. The highest BCUT2D eigenvalue weighted by atomic mass is 35.5. The summed E-state index contributed by atoms with van der Waals surface area (Å²) in [7, 11) is -3.92. The highest BCUT2D eigenvalue weighted by Crippen LogP contribution is 2.32. The van der Waals surface area contributed by atoms with Crippen LogP contribution in [-0.4, -0.2) is 14.3 Å². The lowest BCUT2D eigenvalue weighted by molar-refractivity contribution is -0.111. The van der Waals surface area contributed by atoms with Crippen molar-refractivity contribution < 1.29 is 13.2 Å². The average Bonchev–Trinajstić information content (AvgIpc) is 2.21. The Kier molecular flexibility index (Phi) is 4.01. The van der Waals surface area contributed by atoms with Crippen molar-refractivity contribution in [2.75, 3.05) is 5.32 Å². The molecule has 8 heteroatoms. The molecule has 0 unspecified atom stereocenters. The van der Waals surface area contributed by atoms with Gasteiger partial charge in [-0.05, 0) is 18.1 Å². The third-order valence-electron chi connectivity index (χ3n) is 1.71. The Morgan fingerprint density at radius 1 is 1.35 bits per heavy atom. The normalized spacial score (nSPS) is 10.7. The summed E-state index contributed by atoms with van der Waals surface area (Å²) in [4.78, 5) is 10.7. The summed E-state index contributed by atoms with van der Waals surface area (Å²) in [6.07, 6.45) is 4.86. The average molecular weight is 293 g/mol. The molecular weight excluding hydrogens is 287 g/mol. The maximum Gasteiger partial charge on any atom is 0.300 e. The van der Waals surface area contributed by atoms with Gasteiger partial charge in [0.1, 0.15) is 0 Å². The van der Waals surface area contributed by atoms with Gasteiger partial charge in [-0.15, -0.1) is 6.42 Å². The number of benzene rings is 1. The molecule has 0 heterocycles. The third-order valence-corrected chi connectivity index (χ3v) is 3.20. The highest BCUT2D eigenvalue weighted by Gasteiger charge is 2.15. The molecule has 0 atom stereocenters. The molecule has 1 amide bonds. The smallest absolute Gasteiger partial charge is 0.300 e. The number of anilines is 1. The predicted molar refractivity (Wildman–Crippen MR) is 65.3 cm³/mol. The monoisotopic (exact) mass is 292 g/mol. The van der Waals surface area contributed by atoms with Gasteiger partial charge in [-0.2, -0.15) is 0 Å². The van der Waals surface area contributed by atoms with E-state index in [1.54, 1.807) is 5.92 Å². The maximum atomic E-state index is 11.1. The number of hydrogen-bond donors (Lipinski definition) is 2. The van der Waals surface area contributed by atoms with Gasteiger partial charge in [-0.3, -0.25) is 4.79 Å². The van der Waals surface area contributed by atoms with Crippen LogP contribution in [0.25, 0.3) is 0 Å². The summed E-state index contributed by atoms with van der Waals surface area (Å²) < 4.78 is 22.1. The molecule has 90 valence electrons. The van der Waals surface area contributed by atoms with E-state index in [9.17, 15) is 13.2 Å². The number of sulfonamides is 1. The molecule has 0 bridgehead atoms. The molecule has 0 saturated heterocycles. The summed E-state index contributed by atoms with van der Waals surface area (Å²) in [5.41, 5.74) is 0.0312. The molecule has 1 aromatic carbocycles. The van der Waals surface area contributed by atoms with E-state index in [1.807, 2.05) is 0 Å². The van der Waals surface area contributed by atoms with E-state index in [2.05, 4.69) is 5.32 Å². The molecule has 0 aliphatic heterocycles. The van der Waals surface area contributed by atoms with Crippen molar-refractivity contribution in [2.45, 2.75) is 4.90 Å². The first-order chi connectivity index (χ1) is 7.75. The Labute approximate surface area is 108 Å². The fourth-order valence-corrected chi connectivity index (χ4v) is 2.26. The number of primary sulfonamides is 1. The molecule has 1 aromatic rings. The largest absolute Gasteiger partial charge is 0.312 e. The van der Waals surface area contributed by atoms with Gasteiger partial charge in [0, 0.05) is 0 Å². The van der Waals surface area contributed by atoms with Crippen molar-refractivity contribution in [3.63, 3.8) is 0 Å². The van der Waals surface area contributed by atoms with Gasteiger partial charge in [0.05, 0.1) is 20.6 Å². The van der Waals surface area contributed by atoms with Gasteiger partial charge in [-0.1, -0.05) is 23.2 Å². The second-order valence-corrected chi connectivity index (χ2v) is 5.28. The van der Waals surface area contributed by atoms with Crippen molar-refractivity contribution in [3.8, 4) is 12.3 Å². The lowest BCUT2D eigenvalue weighted by Crippen LogP contribution is -2.13. The van der Waals surface area contributed by atoms with Crippen LogP contribution in [0.5, 0.6) is 0 Å². The summed E-state index contributed by atoms with van der Waals surface area (Å²) in [5, 5.41) is 6.98. The van der Waals surface area contributed by atoms with Crippen LogP contribution in [-0.2, 0) is 14.8 Å². The Hall–Kier alpha value is -1.26. The van der Waals surface area contributed by atoms with Crippen LogP contribution in [0.3, 0.4) is 0 Å². The van der Waals surface area contributed by atoms with Gasteiger partial charge >= 0.3 is 0 Å². The zero-order valence-corrected chi connectivity index (χ0v) is 10.5. The molecule has 0 aromatic heterocycles. The molecular formula is C9H6Cl2N2O3S. The molecule has 1 rings (SSSR count). The summed E-state index contributed by atoms with van der Waals surface area (Å²) in [5.74, 6) is 1.05. The molecule has 0 spiro atoms. The second-order valence-electron chi connectivity index (χ2n) is 2.91. The lowest BCUT2D eigenvalue weighted by Gasteiger charge is -2.08. The second kappa shape index (κ2) is 4.94. The Bertz CT molecular complexity index is 597. The van der Waals surface area contributed by atoms with E-state index in [1.165, 1.54) is 0 Å². The fraction of sp³-hybridized carbons (Fsp3) is 0. The third kappa shape index (κ3) is 3.35. The van der Waals surface area contributed by atoms with E-state index in [0.29, 0.717) is 0 Å². The summed E-state index contributed by atoms with van der Waals surface area (Å²) in [6.45, 7) is 0. The molecule has 0 saturated carbocycles. The van der Waals surface area contributed by atoms with Crippen LogP contribution in [0.15, 0.2) is 17.0 Å². The van der Waals surface area contributed by atoms with Crippen LogP contribution < -0.4 is 10.5 Å². The van der Waals surface area contributed by atoms with Crippen LogP contribution >= 0.6 is 23.2 Å². The summed E-state index contributed by atoms with van der Waals surface area (Å²) in [6, 6.07) is 2.13. The number of carbonyl (C=O) groups excluding carboxylic acids is 1. The predicted octanol–water partition coefficient (Wildman–Crippen LogP) is 1.21. The Morgan fingerprint density at radius 2 is 1.82 bits per heavy atom. The number of terminal acetylenes is 1. The first-order valence-electron chi connectivity index (χ1n) is 4.05. The molecule has 0 aliphatic carbocycles. The molecule has 0 fully saturated rings. The van der Waals surface area contributed by atoms with Gasteiger partial charge in [0.25, 0.3) is 5.91 Å². The number of nitrogens with two attached hydrogens (primary N) is 1. The highest BCUT2D eigenvalue weighted by molar-refractivity contribution is 7.89. The Balaban J connectivity index is 3.31. The van der Waals surface area contributed by atoms with Gasteiger partial charge in [-0.25, -0.2) is 13.6 Å². The van der Waals surface area contributed by atoms with E-state index >= 15 is 0 Å². The first-order valence-corrected chi connectivity index (χ1v) is 6.35. The SMILES string of the molecule is C#CC(=O)Nc1c(Cl)cc(S(N)(=O)=O)cc1Cl. The molecule has 3 N–H and O–H groups in total. The first kappa shape index (κ1) is 13.8. The van der Waals surface area contributed by atoms with Gasteiger partial charge in [0.2, 0.25) is 10.0 Å². The number of hydrogen-bond acceptors (Lipinski definition) is 3. The topological polar surface area (TPSA) is 89.3 Å². The van der Waals surface area contributed by atoms with Gasteiger partial charge in [0.15, 0.2) is 0 Å². The van der Waals surface area contributed by atoms with E-state index in [4.69, 9.17) is 34.8 Å². The van der Waals surface area contributed by atoms with Crippen LogP contribution in [0.4, 0.5) is 5.69 Å². The van der Waals surface area contributed by atoms with Crippen LogP contribution in [0.2, 0.25) is 10.0 Å². The summed E-state index contributed by atoms with van der Waals surface area (Å²) >= 11 is 11.5. The van der Waals surface area contributed by atoms with E-state index in [0.717, 1.165) is 12.1 Å². The van der Waals surface area contributed by atoms with Crippen molar-refractivity contribution in [1.82, 2.24) is 0 Å². The van der Waals surface area contributed by atoms with Crippen LogP contribution in [0, 0.1) is 12.3 Å². The number of rotatable bonds is 2. The quantitative estimate of drug-likeness (QED) is 0.803. The van der Waals surface area contributed by atoms with E-state index < -0.39 is 15.9 Å². The van der Waals surface area contributed by atoms with Gasteiger partial charge < -0.3 is 5.32 Å². The maximum absolute atomic E-state index is 11.1. The molecule has 5 nitrogen and oxygen atoms in total. The van der Waals surface area contributed by atoms with Crippen LogP contribution in [0.1, 0.15) is 0 Å². The molecule has 0 radical (unpaired) electrons. The minimum atomic E-state index is -3.92. The minimum absolute atomic E-state index is 0.0312. The fourth-order valence-electron chi connectivity index (χ4n) is 0.983. The number of amides is 1. The van der Waals surface area contributed by atoms with Crippen molar-refractivity contribution in [2.24, 2.45) is 5.14 Å². The van der Waals surface area contributed by atoms with Crippen molar-refractivity contribution >= 4 is 44.8 Å².